The average molecular weight is 343 g/mol. The third-order valence-electron chi connectivity index (χ3n) is 3.60. The van der Waals surface area contributed by atoms with Crippen LogP contribution in [0.3, 0.4) is 0 Å². The molecule has 8 heteroatoms. The first-order valence-corrected chi connectivity index (χ1v) is 9.01. The molecule has 1 fully saturated rings. The number of hydrogen-bond donors (Lipinski definition) is 1. The highest BCUT2D eigenvalue weighted by Gasteiger charge is 2.30. The largest absolute Gasteiger partial charge is 0.353 e. The van der Waals surface area contributed by atoms with Gasteiger partial charge in [0.25, 0.3) is 0 Å². The number of rotatable bonds is 5. The molecule has 0 saturated carbocycles. The molecular weight excluding hydrogens is 321 g/mol. The van der Waals surface area contributed by atoms with E-state index in [4.69, 9.17) is 0 Å². The van der Waals surface area contributed by atoms with E-state index in [9.17, 15) is 17.6 Å². The standard InChI is InChI=1S/C15H22FN3O3S/c1-12(2)17-15(20)11-18-7-9-19(10-8-18)23(21,22)14-6-4-3-5-13(14)16/h3-6,12H,7-11H2,1-2H3,(H,17,20). The van der Waals surface area contributed by atoms with Crippen LogP contribution in [0.25, 0.3) is 0 Å². The molecule has 0 aromatic heterocycles. The Kier molecular flexibility index (Phi) is 5.72. The van der Waals surface area contributed by atoms with Crippen molar-refractivity contribution in [2.45, 2.75) is 24.8 Å². The smallest absolute Gasteiger partial charge is 0.246 e. The van der Waals surface area contributed by atoms with Crippen LogP contribution < -0.4 is 5.32 Å². The van der Waals surface area contributed by atoms with Crippen molar-refractivity contribution >= 4 is 15.9 Å². The summed E-state index contributed by atoms with van der Waals surface area (Å²) in [6.45, 7) is 5.38. The second-order valence-corrected chi connectivity index (χ2v) is 7.74. The minimum atomic E-state index is -3.83. The highest BCUT2D eigenvalue weighted by molar-refractivity contribution is 7.89. The Balaban J connectivity index is 1.96. The second kappa shape index (κ2) is 7.37. The van der Waals surface area contributed by atoms with Crippen molar-refractivity contribution in [1.82, 2.24) is 14.5 Å². The van der Waals surface area contributed by atoms with E-state index in [0.29, 0.717) is 13.1 Å². The molecule has 1 aliphatic rings. The lowest BCUT2D eigenvalue weighted by atomic mass is 10.3. The molecular formula is C15H22FN3O3S. The number of carbonyl (C=O) groups excluding carboxylic acids is 1. The van der Waals surface area contributed by atoms with Crippen LogP contribution in [0, 0.1) is 5.82 Å². The molecule has 6 nitrogen and oxygen atoms in total. The molecule has 1 amide bonds. The third-order valence-corrected chi connectivity index (χ3v) is 5.53. The van der Waals surface area contributed by atoms with Gasteiger partial charge in [-0.05, 0) is 26.0 Å². The predicted octanol–water partition coefficient (Wildman–Crippen LogP) is 0.657. The first-order chi connectivity index (χ1) is 10.8. The minimum Gasteiger partial charge on any atom is -0.353 e. The van der Waals surface area contributed by atoms with Crippen LogP contribution in [0.4, 0.5) is 4.39 Å². The number of amides is 1. The van der Waals surface area contributed by atoms with Crippen LogP contribution in [0.5, 0.6) is 0 Å². The van der Waals surface area contributed by atoms with Crippen molar-refractivity contribution in [2.24, 2.45) is 0 Å². The fraction of sp³-hybridized carbons (Fsp3) is 0.533. The number of piperazine rings is 1. The number of halogens is 1. The van der Waals surface area contributed by atoms with Crippen molar-refractivity contribution in [3.05, 3.63) is 30.1 Å². The molecule has 0 spiro atoms. The van der Waals surface area contributed by atoms with Gasteiger partial charge in [0, 0.05) is 32.2 Å². The van der Waals surface area contributed by atoms with Crippen molar-refractivity contribution < 1.29 is 17.6 Å². The first-order valence-electron chi connectivity index (χ1n) is 7.57. The van der Waals surface area contributed by atoms with Crippen molar-refractivity contribution in [2.75, 3.05) is 32.7 Å². The lowest BCUT2D eigenvalue weighted by molar-refractivity contribution is -0.123. The molecule has 0 atom stereocenters. The quantitative estimate of drug-likeness (QED) is 0.853. The molecule has 128 valence electrons. The summed E-state index contributed by atoms with van der Waals surface area (Å²) in [6, 6.07) is 5.44. The fourth-order valence-electron chi connectivity index (χ4n) is 2.49. The van der Waals surface area contributed by atoms with E-state index in [-0.39, 0.29) is 36.5 Å². The summed E-state index contributed by atoms with van der Waals surface area (Å²) in [6.07, 6.45) is 0. The van der Waals surface area contributed by atoms with Crippen molar-refractivity contribution in [1.29, 1.82) is 0 Å². The number of sulfonamides is 1. The zero-order valence-corrected chi connectivity index (χ0v) is 14.1. The average Bonchev–Trinajstić information content (AvgIpc) is 2.47. The summed E-state index contributed by atoms with van der Waals surface area (Å²) in [5, 5.41) is 2.80. The van der Waals surface area contributed by atoms with Crippen molar-refractivity contribution in [3.63, 3.8) is 0 Å². The summed E-state index contributed by atoms with van der Waals surface area (Å²) in [4.78, 5) is 13.3. The Bertz CT molecular complexity index is 656. The Morgan fingerprint density at radius 3 is 2.39 bits per heavy atom. The molecule has 1 aromatic rings. The van der Waals surface area contributed by atoms with Gasteiger partial charge in [-0.3, -0.25) is 9.69 Å². The van der Waals surface area contributed by atoms with Gasteiger partial charge in [0.15, 0.2) is 0 Å². The summed E-state index contributed by atoms with van der Waals surface area (Å²) in [5.41, 5.74) is 0. The van der Waals surface area contributed by atoms with E-state index in [1.807, 2.05) is 18.7 Å². The zero-order chi connectivity index (χ0) is 17.0. The monoisotopic (exact) mass is 343 g/mol. The van der Waals surface area contributed by atoms with Crippen LogP contribution >= 0.6 is 0 Å². The summed E-state index contributed by atoms with van der Waals surface area (Å²) < 4.78 is 39.9. The number of carbonyl (C=O) groups is 1. The molecule has 1 saturated heterocycles. The van der Waals surface area contributed by atoms with Gasteiger partial charge < -0.3 is 5.32 Å². The number of benzene rings is 1. The molecule has 1 heterocycles. The Hall–Kier alpha value is -1.51. The van der Waals surface area contributed by atoms with Crippen LogP contribution in [0.15, 0.2) is 29.2 Å². The van der Waals surface area contributed by atoms with Crippen molar-refractivity contribution in [3.8, 4) is 0 Å². The van der Waals surface area contributed by atoms with Gasteiger partial charge in [0.05, 0.1) is 6.54 Å². The lowest BCUT2D eigenvalue weighted by Crippen LogP contribution is -2.51. The van der Waals surface area contributed by atoms with E-state index in [0.717, 1.165) is 6.07 Å². The first kappa shape index (κ1) is 17.8. The lowest BCUT2D eigenvalue weighted by Gasteiger charge is -2.33. The maximum Gasteiger partial charge on any atom is 0.246 e. The van der Waals surface area contributed by atoms with Gasteiger partial charge in [-0.1, -0.05) is 12.1 Å². The zero-order valence-electron chi connectivity index (χ0n) is 13.3. The molecule has 1 aliphatic heterocycles. The second-order valence-electron chi connectivity index (χ2n) is 5.83. The molecule has 0 unspecified atom stereocenters. The molecule has 0 bridgehead atoms. The molecule has 23 heavy (non-hydrogen) atoms. The predicted molar refractivity (Wildman–Crippen MR) is 84.9 cm³/mol. The highest BCUT2D eigenvalue weighted by Crippen LogP contribution is 2.20. The maximum atomic E-state index is 13.7. The fourth-order valence-corrected chi connectivity index (χ4v) is 3.98. The van der Waals surface area contributed by atoms with E-state index in [1.54, 1.807) is 0 Å². The van der Waals surface area contributed by atoms with Crippen LogP contribution in [0.1, 0.15) is 13.8 Å². The van der Waals surface area contributed by atoms with Crippen LogP contribution in [0.2, 0.25) is 0 Å². The molecule has 1 N–H and O–H groups in total. The van der Waals surface area contributed by atoms with Gasteiger partial charge in [-0.25, -0.2) is 12.8 Å². The van der Waals surface area contributed by atoms with E-state index in [1.165, 1.54) is 22.5 Å². The number of hydrogen-bond acceptors (Lipinski definition) is 4. The molecule has 0 aliphatic carbocycles. The van der Waals surface area contributed by atoms with Gasteiger partial charge in [-0.2, -0.15) is 4.31 Å². The maximum absolute atomic E-state index is 13.7. The Morgan fingerprint density at radius 1 is 1.22 bits per heavy atom. The molecule has 1 aromatic carbocycles. The normalized spacial score (nSPS) is 17.4. The van der Waals surface area contributed by atoms with Crippen LogP contribution in [-0.2, 0) is 14.8 Å². The molecule has 2 rings (SSSR count). The van der Waals surface area contributed by atoms with Gasteiger partial charge in [-0.15, -0.1) is 0 Å². The Labute approximate surface area is 136 Å². The SMILES string of the molecule is CC(C)NC(=O)CN1CCN(S(=O)(=O)c2ccccc2F)CC1. The Morgan fingerprint density at radius 2 is 1.83 bits per heavy atom. The number of nitrogens with one attached hydrogen (secondary N) is 1. The third kappa shape index (κ3) is 4.49. The topological polar surface area (TPSA) is 69.7 Å². The van der Waals surface area contributed by atoms with Crippen LogP contribution in [-0.4, -0.2) is 62.3 Å². The highest BCUT2D eigenvalue weighted by atomic mass is 32.2. The van der Waals surface area contributed by atoms with Gasteiger partial charge in [0.2, 0.25) is 15.9 Å². The van der Waals surface area contributed by atoms with E-state index < -0.39 is 15.8 Å². The summed E-state index contributed by atoms with van der Waals surface area (Å²) in [7, 11) is -3.83. The van der Waals surface area contributed by atoms with Gasteiger partial charge in [0.1, 0.15) is 10.7 Å². The van der Waals surface area contributed by atoms with E-state index >= 15 is 0 Å². The number of nitrogens with zero attached hydrogens (tertiary/aromatic N) is 2. The summed E-state index contributed by atoms with van der Waals surface area (Å²) in [5.74, 6) is -0.823. The molecule has 0 radical (unpaired) electrons. The minimum absolute atomic E-state index is 0.0743. The van der Waals surface area contributed by atoms with Gasteiger partial charge >= 0.3 is 0 Å². The summed E-state index contributed by atoms with van der Waals surface area (Å²) >= 11 is 0. The van der Waals surface area contributed by atoms with E-state index in [2.05, 4.69) is 5.32 Å².